The molecule has 600 valence electrons. The van der Waals surface area contributed by atoms with Crippen molar-refractivity contribution in [3.05, 3.63) is 0 Å². The fraction of sp³-hybridized carbons (Fsp3) is 0.926. The van der Waals surface area contributed by atoms with E-state index in [4.69, 9.17) is 32.7 Å². The molecule has 0 aliphatic carbocycles. The van der Waals surface area contributed by atoms with E-state index >= 15 is 0 Å². The van der Waals surface area contributed by atoms with E-state index in [0.717, 1.165) is 186 Å². The van der Waals surface area contributed by atoms with Crippen molar-refractivity contribution in [2.24, 2.45) is 0 Å². The van der Waals surface area contributed by atoms with Crippen LogP contribution in [0.5, 0.6) is 0 Å². The molecule has 1 heterocycles. The van der Waals surface area contributed by atoms with Gasteiger partial charge >= 0.3 is 31.7 Å². The van der Waals surface area contributed by atoms with Gasteiger partial charge in [-0.2, -0.15) is 0 Å². The molecular weight excluding hydrogens is 1320 g/mol. The summed E-state index contributed by atoms with van der Waals surface area (Å²) in [5, 5.41) is 39.0. The third-order valence-corrected chi connectivity index (χ3v) is 20.6. The van der Waals surface area contributed by atoms with Crippen molar-refractivity contribution in [2.45, 2.75) is 463 Å². The molecule has 2 unspecified atom stereocenters. The molecule has 0 aromatic heterocycles. The zero-order chi connectivity index (χ0) is 75.0. The number of nitrogens with one attached hydrogen (secondary N) is 2. The number of phosphoric ester groups is 1. The van der Waals surface area contributed by atoms with Crippen LogP contribution in [-0.2, 0) is 66.1 Å². The van der Waals surface area contributed by atoms with Crippen LogP contribution in [0.3, 0.4) is 0 Å². The molecule has 20 nitrogen and oxygen atoms in total. The van der Waals surface area contributed by atoms with E-state index in [1.807, 2.05) is 0 Å². The lowest BCUT2D eigenvalue weighted by atomic mass is 9.96. The SMILES string of the molecule is CCCCCCCCCCC[C@H](CC(=O)N[C@@H](CO)COP(=O)(O)O[C@H]1[C@H](O)[C@@H](NC(=O)C[C@@H](CCCCCCCCCCC)OC(=O)CCCCCCCCC)C(OC(=O)C[C@@H](CCCCCCCCCCC)OC(=O)CCCCCCCCC)O[C@@H]1CO)OC(=O)CCCCCCCCC. The minimum Gasteiger partial charge on any atom is -0.462 e. The summed E-state index contributed by atoms with van der Waals surface area (Å²) in [7, 11) is -5.34. The minimum absolute atomic E-state index is 0.179. The number of aliphatic hydroxyl groups excluding tert-OH is 3. The zero-order valence-electron chi connectivity index (χ0n) is 65.6. The Bertz CT molecular complexity index is 2090. The van der Waals surface area contributed by atoms with E-state index in [2.05, 4.69) is 52.2 Å². The first-order valence-corrected chi connectivity index (χ1v) is 43.6. The lowest BCUT2D eigenvalue weighted by Gasteiger charge is -2.43. The Kier molecular flexibility index (Phi) is 63.7. The third-order valence-electron chi connectivity index (χ3n) is 19.7. The molecule has 0 radical (unpaired) electrons. The van der Waals surface area contributed by atoms with E-state index in [0.29, 0.717) is 51.4 Å². The molecule has 1 aliphatic heterocycles. The fourth-order valence-electron chi connectivity index (χ4n) is 13.3. The van der Waals surface area contributed by atoms with Crippen LogP contribution in [0.15, 0.2) is 0 Å². The summed E-state index contributed by atoms with van der Waals surface area (Å²) in [6.45, 7) is 10.6. The maximum atomic E-state index is 14.5. The average molecular weight is 1470 g/mol. The number of aliphatic hydroxyl groups is 3. The van der Waals surface area contributed by atoms with Crippen LogP contribution in [0.4, 0.5) is 0 Å². The van der Waals surface area contributed by atoms with Crippen molar-refractivity contribution in [1.29, 1.82) is 0 Å². The number of esters is 4. The highest BCUT2D eigenvalue weighted by atomic mass is 31.2. The van der Waals surface area contributed by atoms with E-state index in [1.165, 1.54) is 89.9 Å². The first-order chi connectivity index (χ1) is 49.5. The number of ether oxygens (including phenoxy) is 5. The molecule has 1 saturated heterocycles. The molecule has 6 N–H and O–H groups in total. The van der Waals surface area contributed by atoms with Gasteiger partial charge in [-0.1, -0.05) is 311 Å². The number of hydrogen-bond acceptors (Lipinski definition) is 17. The Hall–Kier alpha value is -3.23. The minimum atomic E-state index is -5.34. The molecule has 21 heteroatoms. The fourth-order valence-corrected chi connectivity index (χ4v) is 14.3. The second-order valence-electron chi connectivity index (χ2n) is 29.5. The Labute approximate surface area is 620 Å². The lowest BCUT2D eigenvalue weighted by Crippen LogP contribution is -2.65. The molecule has 1 fully saturated rings. The van der Waals surface area contributed by atoms with Crippen molar-refractivity contribution in [3.8, 4) is 0 Å². The smallest absolute Gasteiger partial charge is 0.462 e. The summed E-state index contributed by atoms with van der Waals surface area (Å²) in [4.78, 5) is 93.7. The first-order valence-electron chi connectivity index (χ1n) is 42.1. The Morgan fingerprint density at radius 3 is 1.04 bits per heavy atom. The molecule has 0 aromatic carbocycles. The number of hydrogen-bond donors (Lipinski definition) is 6. The number of phosphoric acid groups is 1. The highest BCUT2D eigenvalue weighted by Gasteiger charge is 2.51. The van der Waals surface area contributed by atoms with Gasteiger partial charge in [0.25, 0.3) is 0 Å². The number of amides is 2. The first kappa shape index (κ1) is 96.8. The standard InChI is InChI=1S/C81H153N2O18P/c1-7-13-19-25-31-34-40-43-49-55-68(96-74(88)58-52-46-37-28-22-16-10-4)61-72(86)82-67(64-84)66-95-102(93,94)101-80-71(65-85)99-81(100-77(91)63-70(57-51-45-42-36-33-27-21-15-9-3)98-76(90)60-54-48-39-30-24-18-12-6)78(79(80)92)83-73(87)62-69(56-50-44-41-35-32-26-20-14-8-2)97-75(89)59-53-47-38-29-23-17-11-5/h67-71,78-81,84-85,92H,7-66H2,1-6H3,(H,82,86)(H,83,87)(H,93,94)/t67-,68+,69+,70+,71+,78+,79+,80+,81?/m0/s1. The summed E-state index contributed by atoms with van der Waals surface area (Å²) < 4.78 is 55.0. The lowest BCUT2D eigenvalue weighted by molar-refractivity contribution is -0.261. The normalized spacial score (nSPS) is 17.8. The van der Waals surface area contributed by atoms with Gasteiger partial charge in [0.15, 0.2) is 0 Å². The molecule has 1 rings (SSSR count). The molecule has 0 aromatic rings. The van der Waals surface area contributed by atoms with Crippen molar-refractivity contribution < 1.29 is 86.3 Å². The molecule has 0 spiro atoms. The molecule has 2 amide bonds. The molecule has 102 heavy (non-hydrogen) atoms. The molecule has 0 saturated carbocycles. The van der Waals surface area contributed by atoms with Crippen LogP contribution in [0.1, 0.15) is 408 Å². The van der Waals surface area contributed by atoms with Crippen molar-refractivity contribution in [3.63, 3.8) is 0 Å². The Morgan fingerprint density at radius 1 is 0.412 bits per heavy atom. The highest BCUT2D eigenvalue weighted by Crippen LogP contribution is 2.47. The average Bonchev–Trinajstić information content (AvgIpc) is 0.787. The van der Waals surface area contributed by atoms with Gasteiger partial charge in [-0.3, -0.25) is 37.8 Å². The van der Waals surface area contributed by atoms with Crippen LogP contribution in [0.25, 0.3) is 0 Å². The van der Waals surface area contributed by atoms with Gasteiger partial charge in [0.05, 0.1) is 45.1 Å². The summed E-state index contributed by atoms with van der Waals surface area (Å²) >= 11 is 0. The van der Waals surface area contributed by atoms with Crippen molar-refractivity contribution in [2.75, 3.05) is 19.8 Å². The van der Waals surface area contributed by atoms with Crippen LogP contribution < -0.4 is 10.6 Å². The van der Waals surface area contributed by atoms with Gasteiger partial charge in [-0.25, -0.2) is 4.57 Å². The Morgan fingerprint density at radius 2 is 0.716 bits per heavy atom. The summed E-state index contributed by atoms with van der Waals surface area (Å²) in [6, 6.07) is -2.98. The van der Waals surface area contributed by atoms with E-state index in [9.17, 15) is 53.5 Å². The van der Waals surface area contributed by atoms with Gasteiger partial charge in [-0.05, 0) is 57.8 Å². The van der Waals surface area contributed by atoms with Gasteiger partial charge in [0.1, 0.15) is 42.7 Å². The van der Waals surface area contributed by atoms with Gasteiger partial charge in [0, 0.05) is 19.3 Å². The highest BCUT2D eigenvalue weighted by molar-refractivity contribution is 7.47. The predicted octanol–water partition coefficient (Wildman–Crippen LogP) is 19.2. The van der Waals surface area contributed by atoms with Gasteiger partial charge < -0.3 is 54.5 Å². The van der Waals surface area contributed by atoms with Crippen LogP contribution in [0.2, 0.25) is 0 Å². The van der Waals surface area contributed by atoms with Crippen molar-refractivity contribution in [1.82, 2.24) is 10.6 Å². The second-order valence-corrected chi connectivity index (χ2v) is 30.9. The van der Waals surface area contributed by atoms with Crippen molar-refractivity contribution >= 4 is 43.5 Å². The number of carbonyl (C=O) groups is 6. The Balaban J connectivity index is 3.53. The maximum absolute atomic E-state index is 14.5. The summed E-state index contributed by atoms with van der Waals surface area (Å²) in [5.41, 5.74) is 0. The molecule has 10 atom stereocenters. The maximum Gasteiger partial charge on any atom is 0.472 e. The predicted molar refractivity (Wildman–Crippen MR) is 406 cm³/mol. The largest absolute Gasteiger partial charge is 0.472 e. The number of carbonyl (C=O) groups excluding carboxylic acids is 6. The second kappa shape index (κ2) is 67.1. The summed E-state index contributed by atoms with van der Waals surface area (Å²) in [5.74, 6) is -3.49. The summed E-state index contributed by atoms with van der Waals surface area (Å²) in [6.07, 6.45) is 40.8. The van der Waals surface area contributed by atoms with Gasteiger partial charge in [-0.15, -0.1) is 0 Å². The van der Waals surface area contributed by atoms with Gasteiger partial charge in [0.2, 0.25) is 18.1 Å². The van der Waals surface area contributed by atoms with Crippen LogP contribution in [0, 0.1) is 0 Å². The quantitative estimate of drug-likeness (QED) is 0.0143. The number of unbranched alkanes of at least 4 members (excludes halogenated alkanes) is 42. The van der Waals surface area contributed by atoms with E-state index in [1.54, 1.807) is 0 Å². The number of rotatable bonds is 73. The molecule has 0 bridgehead atoms. The van der Waals surface area contributed by atoms with E-state index < -0.39 is 119 Å². The topological polar surface area (TPSA) is 289 Å². The van der Waals surface area contributed by atoms with Crippen LogP contribution in [-0.4, -0.2) is 131 Å². The third kappa shape index (κ3) is 54.4. The van der Waals surface area contributed by atoms with Crippen LogP contribution >= 0.6 is 7.82 Å². The monoisotopic (exact) mass is 1470 g/mol. The van der Waals surface area contributed by atoms with E-state index in [-0.39, 0.29) is 38.1 Å². The zero-order valence-corrected chi connectivity index (χ0v) is 66.5. The molecule has 1 aliphatic rings. The molecular formula is C81H153N2O18P.